The summed E-state index contributed by atoms with van der Waals surface area (Å²) in [5.74, 6) is -1.35. The van der Waals surface area contributed by atoms with Gasteiger partial charge in [0.05, 0.1) is 6.61 Å². The lowest BCUT2D eigenvalue weighted by atomic mass is 9.85. The van der Waals surface area contributed by atoms with Crippen LogP contribution in [0.4, 0.5) is 0 Å². The Kier molecular flexibility index (Phi) is 34.8. The number of allylic oxidation sites excluding steroid dienone is 8. The molecule has 0 aromatic carbocycles. The Hall–Kier alpha value is -1.89. The molecule has 1 aliphatic carbocycles. The second-order valence-electron chi connectivity index (χ2n) is 16.7. The fourth-order valence-electron chi connectivity index (χ4n) is 6.99. The van der Waals surface area contributed by atoms with Gasteiger partial charge < -0.3 is 49.3 Å². The van der Waals surface area contributed by atoms with Crippen molar-refractivity contribution in [2.24, 2.45) is 0 Å². The van der Waals surface area contributed by atoms with Crippen molar-refractivity contribution in [2.75, 3.05) is 13.2 Å². The molecule has 0 bridgehead atoms. The summed E-state index contributed by atoms with van der Waals surface area (Å²) < 4.78 is 65.4. The number of hydrogen-bond donors (Lipinski definition) is 8. The highest BCUT2D eigenvalue weighted by molar-refractivity contribution is 7.47. The third-order valence-electron chi connectivity index (χ3n) is 10.6. The van der Waals surface area contributed by atoms with E-state index in [2.05, 4.69) is 59.4 Å². The van der Waals surface area contributed by atoms with Gasteiger partial charge in [0.2, 0.25) is 0 Å². The minimum absolute atomic E-state index is 0.0164. The minimum atomic E-state index is -5.61. The third kappa shape index (κ3) is 33.4. The van der Waals surface area contributed by atoms with Crippen LogP contribution in [0.1, 0.15) is 168 Å². The van der Waals surface area contributed by atoms with E-state index in [1.807, 2.05) is 12.2 Å². The highest BCUT2D eigenvalue weighted by atomic mass is 31.2. The molecule has 1 aliphatic rings. The van der Waals surface area contributed by atoms with Crippen molar-refractivity contribution >= 4 is 35.4 Å². The lowest BCUT2D eigenvalue weighted by Crippen LogP contribution is -2.65. The van der Waals surface area contributed by atoms with Gasteiger partial charge in [-0.15, -0.1) is 0 Å². The molecule has 0 aromatic rings. The van der Waals surface area contributed by atoms with Crippen molar-refractivity contribution in [1.29, 1.82) is 0 Å². The van der Waals surface area contributed by atoms with E-state index in [0.717, 1.165) is 77.0 Å². The van der Waals surface area contributed by atoms with Crippen LogP contribution in [0.2, 0.25) is 0 Å². The summed E-state index contributed by atoms with van der Waals surface area (Å²) in [5, 5.41) is 31.9. The number of unbranched alkanes of at least 4 members (excludes halogenated alkanes) is 16. The van der Waals surface area contributed by atoms with Gasteiger partial charge in [-0.05, 0) is 77.0 Å². The quantitative estimate of drug-likeness (QED) is 0.0123. The van der Waals surface area contributed by atoms with Crippen molar-refractivity contribution in [3.63, 3.8) is 0 Å². The summed E-state index contributed by atoms with van der Waals surface area (Å²) in [4.78, 5) is 73.2. The number of hydrogen-bond acceptors (Lipinski definition) is 14. The lowest BCUT2D eigenvalue weighted by Gasteiger charge is -2.44. The summed E-state index contributed by atoms with van der Waals surface area (Å²) in [6.07, 6.45) is 22.7. The monoisotopic (exact) mass is 1020 g/mol. The fraction of sp³-hybridized carbons (Fsp3) is 0.778. The van der Waals surface area contributed by atoms with Gasteiger partial charge in [0.15, 0.2) is 6.10 Å². The van der Waals surface area contributed by atoms with E-state index >= 15 is 0 Å². The van der Waals surface area contributed by atoms with E-state index in [1.165, 1.54) is 44.9 Å². The molecule has 1 rings (SSSR count). The molecular formula is C45H81O19P3. The van der Waals surface area contributed by atoms with Gasteiger partial charge in [-0.2, -0.15) is 0 Å². The van der Waals surface area contributed by atoms with Crippen molar-refractivity contribution < 1.29 is 90.6 Å². The largest absolute Gasteiger partial charge is 0.472 e. The highest BCUT2D eigenvalue weighted by Gasteiger charge is 2.56. The van der Waals surface area contributed by atoms with Crippen LogP contribution in [0.25, 0.3) is 0 Å². The number of phosphoric acid groups is 3. The number of carbonyl (C=O) groups is 2. The van der Waals surface area contributed by atoms with E-state index < -0.39 is 91.3 Å². The molecule has 0 heterocycles. The van der Waals surface area contributed by atoms with E-state index in [9.17, 15) is 63.1 Å². The number of carbonyl (C=O) groups excluding carboxylic acids is 2. The smallest absolute Gasteiger partial charge is 0.462 e. The highest BCUT2D eigenvalue weighted by Crippen LogP contribution is 2.51. The Bertz CT molecular complexity index is 1590. The number of aliphatic hydroxyl groups is 3. The second-order valence-corrected chi connectivity index (χ2v) is 20.5. The molecule has 22 heteroatoms. The molecule has 1 saturated carbocycles. The molecule has 1 fully saturated rings. The number of ether oxygens (including phenoxy) is 2. The summed E-state index contributed by atoms with van der Waals surface area (Å²) in [6, 6.07) is 0. The first kappa shape index (κ1) is 63.1. The lowest BCUT2D eigenvalue weighted by molar-refractivity contribution is -0.213. The molecule has 8 N–H and O–H groups in total. The summed E-state index contributed by atoms with van der Waals surface area (Å²) in [6.45, 7) is 2.86. The molecule has 67 heavy (non-hydrogen) atoms. The van der Waals surface area contributed by atoms with Crippen molar-refractivity contribution in [1.82, 2.24) is 0 Å². The molecule has 0 saturated heterocycles. The molecule has 390 valence electrons. The summed E-state index contributed by atoms with van der Waals surface area (Å²) >= 11 is 0. The van der Waals surface area contributed by atoms with E-state index in [1.54, 1.807) is 0 Å². The number of aliphatic hydroxyl groups excluding tert-OH is 3. The fourth-order valence-corrected chi connectivity index (χ4v) is 9.09. The molecule has 0 aliphatic heterocycles. The number of rotatable bonds is 40. The van der Waals surface area contributed by atoms with Crippen molar-refractivity contribution in [2.45, 2.75) is 211 Å². The zero-order chi connectivity index (χ0) is 50.0. The summed E-state index contributed by atoms with van der Waals surface area (Å²) in [5.41, 5.74) is 0. The predicted molar refractivity (Wildman–Crippen MR) is 252 cm³/mol. The SMILES string of the molecule is CCCCCC=CCC=CCC=CCCCCC(=O)OCC(COP(=O)(O)OC1C(O)C(O)C(OP(=O)(O)O)C(OP(=O)(O)O)C1O)OC(=O)CCCCCCCCCC=CCCCCCC. The Morgan fingerprint density at radius 2 is 0.866 bits per heavy atom. The Balaban J connectivity index is 2.77. The molecular weight excluding hydrogens is 937 g/mol. The Labute approximate surface area is 397 Å². The maximum absolute atomic E-state index is 13.1. The van der Waals surface area contributed by atoms with Gasteiger partial charge in [-0.1, -0.05) is 127 Å². The molecule has 0 amide bonds. The van der Waals surface area contributed by atoms with E-state index in [4.69, 9.17) is 18.5 Å². The van der Waals surface area contributed by atoms with Crippen LogP contribution in [0.5, 0.6) is 0 Å². The van der Waals surface area contributed by atoms with Crippen LogP contribution in [0.15, 0.2) is 48.6 Å². The zero-order valence-electron chi connectivity index (χ0n) is 39.5. The molecule has 0 spiro atoms. The summed E-state index contributed by atoms with van der Waals surface area (Å²) in [7, 11) is -16.6. The van der Waals surface area contributed by atoms with Gasteiger partial charge in [-0.3, -0.25) is 27.7 Å². The average molecular weight is 1020 g/mol. The molecule has 19 nitrogen and oxygen atoms in total. The van der Waals surface area contributed by atoms with Gasteiger partial charge in [0, 0.05) is 12.8 Å². The van der Waals surface area contributed by atoms with Gasteiger partial charge in [0.1, 0.15) is 43.2 Å². The van der Waals surface area contributed by atoms with Gasteiger partial charge >= 0.3 is 35.4 Å². The van der Waals surface area contributed by atoms with Crippen LogP contribution in [-0.4, -0.2) is 108 Å². The molecule has 0 aromatic heterocycles. The molecule has 0 radical (unpaired) electrons. The first-order valence-electron chi connectivity index (χ1n) is 23.9. The molecule has 8 atom stereocenters. The zero-order valence-corrected chi connectivity index (χ0v) is 42.1. The first-order valence-corrected chi connectivity index (χ1v) is 28.5. The number of esters is 2. The van der Waals surface area contributed by atoms with Crippen molar-refractivity contribution in [3.8, 4) is 0 Å². The standard InChI is InChI=1S/C45H81O19P3/c1-3-5-7-9-11-13-15-17-19-21-23-25-27-29-31-33-38(46)59-35-37(61-39(47)34-32-30-28-26-24-22-20-18-16-14-12-10-8-6-4-2)36-60-67(57,58)64-43-40(48)41(49)44(62-65(51,52)53)45(42(43)50)63-66(54,55)56/h11,13-14,16-17,19,23,25,37,40-45,48-50H,3-10,12,15,18,20-22,24,26-36H2,1-2H3,(H,57,58)(H2,51,52,53)(H2,54,55,56). The normalized spacial score (nSPS) is 22.0. The first-order chi connectivity index (χ1) is 31.8. The average Bonchev–Trinajstić information content (AvgIpc) is 3.25. The van der Waals surface area contributed by atoms with Crippen LogP contribution in [0, 0.1) is 0 Å². The van der Waals surface area contributed by atoms with Crippen LogP contribution >= 0.6 is 23.5 Å². The second kappa shape index (κ2) is 37.0. The Morgan fingerprint density at radius 1 is 0.478 bits per heavy atom. The Morgan fingerprint density at radius 3 is 1.40 bits per heavy atom. The van der Waals surface area contributed by atoms with Gasteiger partial charge in [-0.25, -0.2) is 13.7 Å². The van der Waals surface area contributed by atoms with Crippen molar-refractivity contribution in [3.05, 3.63) is 48.6 Å². The van der Waals surface area contributed by atoms with E-state index in [-0.39, 0.29) is 12.8 Å². The minimum Gasteiger partial charge on any atom is -0.462 e. The maximum Gasteiger partial charge on any atom is 0.472 e. The number of phosphoric ester groups is 3. The molecule has 8 unspecified atom stereocenters. The topological polar surface area (TPSA) is 303 Å². The van der Waals surface area contributed by atoms with E-state index in [0.29, 0.717) is 19.3 Å². The maximum atomic E-state index is 13.1. The van der Waals surface area contributed by atoms with Gasteiger partial charge in [0.25, 0.3) is 0 Å². The third-order valence-corrected chi connectivity index (χ3v) is 12.6. The van der Waals surface area contributed by atoms with Crippen LogP contribution in [0.3, 0.4) is 0 Å². The van der Waals surface area contributed by atoms with Crippen LogP contribution in [-0.2, 0) is 50.9 Å². The predicted octanol–water partition coefficient (Wildman–Crippen LogP) is 8.62. The van der Waals surface area contributed by atoms with Crippen LogP contribution < -0.4 is 0 Å².